The molecule has 1 fully saturated rings. The smallest absolute Gasteiger partial charge is 0.155 e. The second kappa shape index (κ2) is 5.16. The lowest BCUT2D eigenvalue weighted by Crippen LogP contribution is -2.40. The number of thiocarbonyl (C=S) groups is 1. The third-order valence-corrected chi connectivity index (χ3v) is 3.16. The molecule has 0 aromatic carbocycles. The zero-order chi connectivity index (χ0) is 13.2. The molecule has 1 aromatic heterocycles. The molecular formula is C12H18N4OS. The van der Waals surface area contributed by atoms with Gasteiger partial charge in [-0.3, -0.25) is 0 Å². The Labute approximate surface area is 112 Å². The average molecular weight is 266 g/mol. The van der Waals surface area contributed by atoms with Gasteiger partial charge in [0, 0.05) is 25.0 Å². The molecule has 6 heteroatoms. The van der Waals surface area contributed by atoms with Crippen molar-refractivity contribution in [3.05, 3.63) is 18.1 Å². The molecule has 0 spiro atoms. The van der Waals surface area contributed by atoms with E-state index in [0.29, 0.717) is 17.6 Å². The summed E-state index contributed by atoms with van der Waals surface area (Å²) in [7, 11) is 0. The standard InChI is InChI=1S/C12H18N4OS/c1-12(2)7-8(3-6-17-12)16-11-9(10(13)18)14-4-5-15-11/h4-5,8H,3,6-7H2,1-2H3,(H2,13,18)(H,15,16). The second-order valence-electron chi connectivity index (χ2n) is 5.06. The van der Waals surface area contributed by atoms with Gasteiger partial charge < -0.3 is 15.8 Å². The zero-order valence-electron chi connectivity index (χ0n) is 10.6. The van der Waals surface area contributed by atoms with Gasteiger partial charge in [-0.15, -0.1) is 0 Å². The molecule has 1 saturated heterocycles. The van der Waals surface area contributed by atoms with E-state index < -0.39 is 0 Å². The molecule has 0 aliphatic carbocycles. The van der Waals surface area contributed by atoms with Gasteiger partial charge >= 0.3 is 0 Å². The number of aromatic nitrogens is 2. The Morgan fingerprint density at radius 2 is 2.22 bits per heavy atom. The van der Waals surface area contributed by atoms with Gasteiger partial charge in [0.05, 0.1) is 5.60 Å². The van der Waals surface area contributed by atoms with Crippen LogP contribution in [0.15, 0.2) is 12.4 Å². The van der Waals surface area contributed by atoms with Gasteiger partial charge in [-0.25, -0.2) is 9.97 Å². The molecule has 5 nitrogen and oxygen atoms in total. The van der Waals surface area contributed by atoms with E-state index in [2.05, 4.69) is 29.1 Å². The summed E-state index contributed by atoms with van der Waals surface area (Å²) in [5, 5.41) is 3.37. The molecular weight excluding hydrogens is 248 g/mol. The molecule has 18 heavy (non-hydrogen) atoms. The van der Waals surface area contributed by atoms with Crippen LogP contribution in [0.2, 0.25) is 0 Å². The Bertz CT molecular complexity index is 449. The van der Waals surface area contributed by atoms with Gasteiger partial charge in [0.2, 0.25) is 0 Å². The van der Waals surface area contributed by atoms with Gasteiger partial charge in [-0.05, 0) is 26.7 Å². The van der Waals surface area contributed by atoms with Crippen molar-refractivity contribution in [1.29, 1.82) is 0 Å². The second-order valence-corrected chi connectivity index (χ2v) is 5.50. The number of anilines is 1. The summed E-state index contributed by atoms with van der Waals surface area (Å²) in [5.74, 6) is 0.660. The molecule has 2 rings (SSSR count). The normalized spacial score (nSPS) is 22.4. The fraction of sp³-hybridized carbons (Fsp3) is 0.583. The van der Waals surface area contributed by atoms with Gasteiger partial charge in [0.15, 0.2) is 5.82 Å². The van der Waals surface area contributed by atoms with Crippen molar-refractivity contribution in [2.75, 3.05) is 11.9 Å². The molecule has 98 valence electrons. The number of nitrogens with two attached hydrogens (primary N) is 1. The van der Waals surface area contributed by atoms with Crippen LogP contribution in [0, 0.1) is 0 Å². The van der Waals surface area contributed by atoms with E-state index in [1.54, 1.807) is 12.4 Å². The third-order valence-electron chi connectivity index (χ3n) is 2.97. The van der Waals surface area contributed by atoms with Crippen LogP contribution in [0.1, 0.15) is 32.4 Å². The fourth-order valence-electron chi connectivity index (χ4n) is 2.17. The average Bonchev–Trinajstić information content (AvgIpc) is 2.28. The quantitative estimate of drug-likeness (QED) is 0.807. The summed E-state index contributed by atoms with van der Waals surface area (Å²) in [6, 6.07) is 0.304. The number of nitrogens with one attached hydrogen (secondary N) is 1. The highest BCUT2D eigenvalue weighted by Crippen LogP contribution is 2.26. The minimum Gasteiger partial charge on any atom is -0.388 e. The van der Waals surface area contributed by atoms with E-state index in [0.717, 1.165) is 19.4 Å². The van der Waals surface area contributed by atoms with Crippen molar-refractivity contribution in [3.8, 4) is 0 Å². The summed E-state index contributed by atoms with van der Waals surface area (Å²) in [6.45, 7) is 4.92. The summed E-state index contributed by atoms with van der Waals surface area (Å²) in [4.78, 5) is 8.68. The van der Waals surface area contributed by atoms with Crippen LogP contribution in [0.3, 0.4) is 0 Å². The maximum atomic E-state index is 5.68. The molecule has 0 bridgehead atoms. The molecule has 0 saturated carbocycles. The van der Waals surface area contributed by atoms with Gasteiger partial charge in [-0.1, -0.05) is 12.2 Å². The minimum atomic E-state index is -0.110. The lowest BCUT2D eigenvalue weighted by Gasteiger charge is -2.36. The van der Waals surface area contributed by atoms with Gasteiger partial charge in [-0.2, -0.15) is 0 Å². The van der Waals surface area contributed by atoms with Crippen LogP contribution in [-0.4, -0.2) is 33.2 Å². The van der Waals surface area contributed by atoms with Crippen LogP contribution >= 0.6 is 12.2 Å². The molecule has 1 aliphatic rings. The largest absolute Gasteiger partial charge is 0.388 e. The Kier molecular flexibility index (Phi) is 3.77. The molecule has 0 radical (unpaired) electrons. The Balaban J connectivity index is 2.12. The Morgan fingerprint density at radius 3 is 2.89 bits per heavy atom. The molecule has 0 amide bonds. The maximum absolute atomic E-state index is 5.68. The Morgan fingerprint density at radius 1 is 1.50 bits per heavy atom. The van der Waals surface area contributed by atoms with E-state index in [1.165, 1.54) is 0 Å². The Hall–Kier alpha value is -1.27. The highest BCUT2D eigenvalue weighted by molar-refractivity contribution is 7.80. The molecule has 1 aromatic rings. The SMILES string of the molecule is CC1(C)CC(Nc2nccnc2C(N)=S)CCO1. The fourth-order valence-corrected chi connectivity index (χ4v) is 2.32. The third kappa shape index (κ3) is 3.14. The van der Waals surface area contributed by atoms with Gasteiger partial charge in [0.25, 0.3) is 0 Å². The topological polar surface area (TPSA) is 73.1 Å². The van der Waals surface area contributed by atoms with Crippen LogP contribution in [0.4, 0.5) is 5.82 Å². The van der Waals surface area contributed by atoms with E-state index >= 15 is 0 Å². The first-order valence-electron chi connectivity index (χ1n) is 5.99. The molecule has 1 unspecified atom stereocenters. The van der Waals surface area contributed by atoms with Crippen molar-refractivity contribution in [2.24, 2.45) is 5.73 Å². The van der Waals surface area contributed by atoms with Crippen molar-refractivity contribution < 1.29 is 4.74 Å². The van der Waals surface area contributed by atoms with Crippen molar-refractivity contribution >= 4 is 23.0 Å². The number of rotatable bonds is 3. The molecule has 1 aliphatic heterocycles. The predicted octanol–water partition coefficient (Wildman–Crippen LogP) is 1.48. The van der Waals surface area contributed by atoms with E-state index in [9.17, 15) is 0 Å². The van der Waals surface area contributed by atoms with E-state index in [1.807, 2.05) is 0 Å². The van der Waals surface area contributed by atoms with Crippen LogP contribution in [-0.2, 0) is 4.74 Å². The number of hydrogen-bond acceptors (Lipinski definition) is 5. The lowest BCUT2D eigenvalue weighted by atomic mass is 9.94. The van der Waals surface area contributed by atoms with Crippen LogP contribution in [0.5, 0.6) is 0 Å². The number of hydrogen-bond donors (Lipinski definition) is 2. The molecule has 2 heterocycles. The first kappa shape index (κ1) is 13.2. The summed E-state index contributed by atoms with van der Waals surface area (Å²) < 4.78 is 5.68. The monoisotopic (exact) mass is 266 g/mol. The van der Waals surface area contributed by atoms with Crippen LogP contribution < -0.4 is 11.1 Å². The van der Waals surface area contributed by atoms with Crippen molar-refractivity contribution in [1.82, 2.24) is 9.97 Å². The highest BCUT2D eigenvalue weighted by atomic mass is 32.1. The number of ether oxygens (including phenoxy) is 1. The van der Waals surface area contributed by atoms with Crippen molar-refractivity contribution in [2.45, 2.75) is 38.3 Å². The number of nitrogens with zero attached hydrogens (tertiary/aromatic N) is 2. The van der Waals surface area contributed by atoms with Crippen molar-refractivity contribution in [3.63, 3.8) is 0 Å². The van der Waals surface area contributed by atoms with E-state index in [4.69, 9.17) is 22.7 Å². The maximum Gasteiger partial charge on any atom is 0.155 e. The highest BCUT2D eigenvalue weighted by Gasteiger charge is 2.29. The molecule has 1 atom stereocenters. The van der Waals surface area contributed by atoms with E-state index in [-0.39, 0.29) is 10.6 Å². The van der Waals surface area contributed by atoms with Gasteiger partial charge in [0.1, 0.15) is 10.7 Å². The summed E-state index contributed by atoms with van der Waals surface area (Å²) in [6.07, 6.45) is 5.08. The van der Waals surface area contributed by atoms with Crippen LogP contribution in [0.25, 0.3) is 0 Å². The zero-order valence-corrected chi connectivity index (χ0v) is 11.5. The lowest BCUT2D eigenvalue weighted by molar-refractivity contribution is -0.0553. The first-order valence-corrected chi connectivity index (χ1v) is 6.40. The minimum absolute atomic E-state index is 0.110. The predicted molar refractivity (Wildman–Crippen MR) is 74.6 cm³/mol. The molecule has 3 N–H and O–H groups in total. The summed E-state index contributed by atoms with van der Waals surface area (Å²) in [5.41, 5.74) is 6.08. The first-order chi connectivity index (χ1) is 8.48. The summed E-state index contributed by atoms with van der Waals surface area (Å²) >= 11 is 4.97.